The molecule has 0 saturated heterocycles. The Balaban J connectivity index is 1.50. The summed E-state index contributed by atoms with van der Waals surface area (Å²) in [5.74, 6) is 1.39. The van der Waals surface area contributed by atoms with Crippen LogP contribution in [0.15, 0.2) is 58.2 Å². The number of halogens is 1. The molecule has 7 nitrogen and oxygen atoms in total. The Hall–Kier alpha value is -2.71. The molecule has 0 aliphatic heterocycles. The monoisotopic (exact) mass is 384 g/mol. The van der Waals surface area contributed by atoms with E-state index in [4.69, 9.17) is 16.1 Å². The Kier molecular flexibility index (Phi) is 4.68. The lowest BCUT2D eigenvalue weighted by Crippen LogP contribution is -1.99. The van der Waals surface area contributed by atoms with E-state index >= 15 is 0 Å². The summed E-state index contributed by atoms with van der Waals surface area (Å²) in [5, 5.41) is 17.1. The summed E-state index contributed by atoms with van der Waals surface area (Å²) in [4.78, 5) is 4.39. The van der Waals surface area contributed by atoms with Crippen molar-refractivity contribution >= 4 is 23.4 Å². The maximum atomic E-state index is 6.17. The van der Waals surface area contributed by atoms with Gasteiger partial charge in [0.05, 0.1) is 16.5 Å². The molecule has 0 unspecified atom stereocenters. The Labute approximate surface area is 158 Å². The number of rotatable bonds is 5. The normalized spacial score (nSPS) is 11.0. The molecule has 0 N–H and O–H groups in total. The molecule has 26 heavy (non-hydrogen) atoms. The maximum absolute atomic E-state index is 6.17. The van der Waals surface area contributed by atoms with Crippen LogP contribution in [0, 0.1) is 6.92 Å². The molecule has 0 radical (unpaired) electrons. The van der Waals surface area contributed by atoms with Crippen molar-refractivity contribution in [2.45, 2.75) is 17.8 Å². The largest absolute Gasteiger partial charge is 0.338 e. The first-order valence-electron chi connectivity index (χ1n) is 7.76. The number of hydrogen-bond donors (Lipinski definition) is 0. The molecule has 0 atom stereocenters. The van der Waals surface area contributed by atoms with E-state index < -0.39 is 0 Å². The molecule has 0 bridgehead atoms. The topological polar surface area (TPSA) is 82.5 Å². The van der Waals surface area contributed by atoms with Gasteiger partial charge in [-0.1, -0.05) is 58.3 Å². The van der Waals surface area contributed by atoms with E-state index in [-0.39, 0.29) is 0 Å². The molecular formula is C17H13ClN6OS. The van der Waals surface area contributed by atoms with Crippen molar-refractivity contribution in [1.29, 1.82) is 0 Å². The Morgan fingerprint density at radius 2 is 1.92 bits per heavy atom. The summed E-state index contributed by atoms with van der Waals surface area (Å²) < 4.78 is 6.99. The van der Waals surface area contributed by atoms with Gasteiger partial charge in [0.15, 0.2) is 0 Å². The van der Waals surface area contributed by atoms with Gasteiger partial charge in [0.2, 0.25) is 16.9 Å². The molecule has 0 spiro atoms. The molecule has 4 rings (SSSR count). The number of thioether (sulfide) groups is 1. The van der Waals surface area contributed by atoms with Crippen LogP contribution in [0.25, 0.3) is 17.1 Å². The molecule has 0 saturated carbocycles. The highest BCUT2D eigenvalue weighted by atomic mass is 35.5. The summed E-state index contributed by atoms with van der Waals surface area (Å²) in [7, 11) is 0. The predicted molar refractivity (Wildman–Crippen MR) is 98.2 cm³/mol. The van der Waals surface area contributed by atoms with Crippen molar-refractivity contribution < 1.29 is 4.52 Å². The highest BCUT2D eigenvalue weighted by Crippen LogP contribution is 2.27. The number of hydrogen-bond acceptors (Lipinski definition) is 7. The standard InChI is InChI=1S/C17H13ClN6OS/c1-11-6-8-12(9-7-11)24-17(20-22-23-24)26-10-15-19-16(21-25-15)13-4-2-3-5-14(13)18/h2-9H,10H2,1H3. The second kappa shape index (κ2) is 7.27. The third-order valence-corrected chi connectivity index (χ3v) is 4.86. The van der Waals surface area contributed by atoms with E-state index in [1.807, 2.05) is 49.4 Å². The summed E-state index contributed by atoms with van der Waals surface area (Å²) in [6.45, 7) is 2.03. The van der Waals surface area contributed by atoms with Crippen molar-refractivity contribution in [1.82, 2.24) is 30.3 Å². The second-order valence-electron chi connectivity index (χ2n) is 5.49. The highest BCUT2D eigenvalue weighted by Gasteiger charge is 2.14. The fourth-order valence-electron chi connectivity index (χ4n) is 2.31. The van der Waals surface area contributed by atoms with Crippen LogP contribution in [0.4, 0.5) is 0 Å². The van der Waals surface area contributed by atoms with Crippen LogP contribution in [0.5, 0.6) is 0 Å². The third-order valence-electron chi connectivity index (χ3n) is 3.63. The lowest BCUT2D eigenvalue weighted by Gasteiger charge is -2.03. The molecule has 0 amide bonds. The van der Waals surface area contributed by atoms with Crippen LogP contribution in [0.3, 0.4) is 0 Å². The highest BCUT2D eigenvalue weighted by molar-refractivity contribution is 7.98. The Bertz CT molecular complexity index is 1030. The van der Waals surface area contributed by atoms with Gasteiger partial charge in [-0.25, -0.2) is 0 Å². The van der Waals surface area contributed by atoms with Crippen LogP contribution >= 0.6 is 23.4 Å². The van der Waals surface area contributed by atoms with Gasteiger partial charge in [-0.3, -0.25) is 0 Å². The van der Waals surface area contributed by atoms with Crippen LogP contribution in [-0.4, -0.2) is 30.3 Å². The Morgan fingerprint density at radius 1 is 1.12 bits per heavy atom. The summed E-state index contributed by atoms with van der Waals surface area (Å²) >= 11 is 7.59. The minimum Gasteiger partial charge on any atom is -0.338 e. The van der Waals surface area contributed by atoms with Crippen molar-refractivity contribution in [2.75, 3.05) is 0 Å². The number of aryl methyl sites for hydroxylation is 1. The van der Waals surface area contributed by atoms with Crippen molar-refractivity contribution in [3.8, 4) is 17.1 Å². The first kappa shape index (κ1) is 16.7. The number of aromatic nitrogens is 6. The van der Waals surface area contributed by atoms with Crippen LogP contribution in [-0.2, 0) is 5.75 Å². The van der Waals surface area contributed by atoms with Crippen molar-refractivity contribution in [3.05, 3.63) is 65.0 Å². The molecular weight excluding hydrogens is 372 g/mol. The maximum Gasteiger partial charge on any atom is 0.237 e. The van der Waals surface area contributed by atoms with E-state index in [9.17, 15) is 0 Å². The molecule has 2 aromatic carbocycles. The lowest BCUT2D eigenvalue weighted by molar-refractivity contribution is 0.391. The van der Waals surface area contributed by atoms with Crippen molar-refractivity contribution in [3.63, 3.8) is 0 Å². The van der Waals surface area contributed by atoms with Crippen LogP contribution in [0.2, 0.25) is 5.02 Å². The van der Waals surface area contributed by atoms with Gasteiger partial charge in [-0.15, -0.1) is 5.10 Å². The summed E-state index contributed by atoms with van der Waals surface area (Å²) in [5.41, 5.74) is 2.80. The molecule has 0 aliphatic rings. The molecule has 0 fully saturated rings. The molecule has 9 heteroatoms. The summed E-state index contributed by atoms with van der Waals surface area (Å²) in [6.07, 6.45) is 0. The van der Waals surface area contributed by atoms with Gasteiger partial charge in [0.1, 0.15) is 0 Å². The SMILES string of the molecule is Cc1ccc(-n2nnnc2SCc2nc(-c3ccccc3Cl)no2)cc1. The smallest absolute Gasteiger partial charge is 0.237 e. The molecule has 0 aliphatic carbocycles. The Morgan fingerprint density at radius 3 is 2.73 bits per heavy atom. The molecule has 2 heterocycles. The minimum absolute atomic E-state index is 0.448. The fourth-order valence-corrected chi connectivity index (χ4v) is 3.26. The number of benzene rings is 2. The van der Waals surface area contributed by atoms with Gasteiger partial charge in [0.25, 0.3) is 0 Å². The first-order valence-corrected chi connectivity index (χ1v) is 9.13. The zero-order valence-corrected chi connectivity index (χ0v) is 15.3. The molecule has 4 aromatic rings. The zero-order valence-electron chi connectivity index (χ0n) is 13.7. The quantitative estimate of drug-likeness (QED) is 0.481. The van der Waals surface area contributed by atoms with E-state index in [1.54, 1.807) is 10.7 Å². The van der Waals surface area contributed by atoms with Gasteiger partial charge in [-0.2, -0.15) is 9.67 Å². The average molecular weight is 385 g/mol. The van der Waals surface area contributed by atoms with Crippen LogP contribution < -0.4 is 0 Å². The molecule has 130 valence electrons. The lowest BCUT2D eigenvalue weighted by atomic mass is 10.2. The van der Waals surface area contributed by atoms with E-state index in [0.29, 0.717) is 27.6 Å². The van der Waals surface area contributed by atoms with E-state index in [0.717, 1.165) is 11.3 Å². The van der Waals surface area contributed by atoms with Gasteiger partial charge >= 0.3 is 0 Å². The summed E-state index contributed by atoms with van der Waals surface area (Å²) in [6, 6.07) is 15.3. The number of nitrogens with zero attached hydrogens (tertiary/aromatic N) is 6. The second-order valence-corrected chi connectivity index (χ2v) is 6.84. The number of tetrazole rings is 1. The minimum atomic E-state index is 0.448. The van der Waals surface area contributed by atoms with Gasteiger partial charge < -0.3 is 4.52 Å². The zero-order chi connectivity index (χ0) is 17.9. The van der Waals surface area contributed by atoms with Gasteiger partial charge in [0, 0.05) is 5.56 Å². The van der Waals surface area contributed by atoms with E-state index in [1.165, 1.54) is 17.3 Å². The first-order chi connectivity index (χ1) is 12.7. The third kappa shape index (κ3) is 3.47. The average Bonchev–Trinajstić information content (AvgIpc) is 3.30. The van der Waals surface area contributed by atoms with Crippen molar-refractivity contribution in [2.24, 2.45) is 0 Å². The fraction of sp³-hybridized carbons (Fsp3) is 0.118. The van der Waals surface area contributed by atoms with Gasteiger partial charge in [-0.05, 0) is 41.6 Å². The van der Waals surface area contributed by atoms with Crippen LogP contribution in [0.1, 0.15) is 11.5 Å². The van der Waals surface area contributed by atoms with E-state index in [2.05, 4.69) is 25.7 Å². The molecule has 2 aromatic heterocycles. The predicted octanol–water partition coefficient (Wildman–Crippen LogP) is 3.97.